The zero-order valence-corrected chi connectivity index (χ0v) is 11.2. The number of primary amides is 1. The highest BCUT2D eigenvalue weighted by Crippen LogP contribution is 2.31. The van der Waals surface area contributed by atoms with Gasteiger partial charge >= 0.3 is 0 Å². The normalized spacial score (nSPS) is 24.8. The molecule has 102 valence electrons. The van der Waals surface area contributed by atoms with Gasteiger partial charge in [0, 0.05) is 20.0 Å². The summed E-state index contributed by atoms with van der Waals surface area (Å²) in [5.74, 6) is -0.126. The minimum Gasteiger partial charge on any atom is -0.368 e. The van der Waals surface area contributed by atoms with Gasteiger partial charge in [-0.05, 0) is 38.8 Å². The Bertz CT molecular complexity index is 329. The summed E-state index contributed by atoms with van der Waals surface area (Å²) in [4.78, 5) is 27.4. The number of carbonyl (C=O) groups excluding carboxylic acids is 2. The molecule has 0 bridgehead atoms. The molecule has 2 N–H and O–H groups in total. The van der Waals surface area contributed by atoms with E-state index in [0.29, 0.717) is 25.9 Å². The van der Waals surface area contributed by atoms with Crippen molar-refractivity contribution in [3.63, 3.8) is 0 Å². The lowest BCUT2D eigenvalue weighted by Gasteiger charge is -2.48. The first kappa shape index (κ1) is 13.3. The van der Waals surface area contributed by atoms with Crippen LogP contribution in [0.5, 0.6) is 0 Å². The van der Waals surface area contributed by atoms with Crippen molar-refractivity contribution < 1.29 is 9.59 Å². The van der Waals surface area contributed by atoms with E-state index in [2.05, 4.69) is 4.90 Å². The van der Waals surface area contributed by atoms with Gasteiger partial charge in [-0.15, -0.1) is 0 Å². The molecule has 2 saturated heterocycles. The zero-order chi connectivity index (χ0) is 13.2. The number of hydrogen-bond donors (Lipinski definition) is 1. The van der Waals surface area contributed by atoms with Gasteiger partial charge in [-0.3, -0.25) is 14.5 Å². The Morgan fingerprint density at radius 2 is 1.56 bits per heavy atom. The number of carbonyl (C=O) groups is 2. The fourth-order valence-electron chi connectivity index (χ4n) is 3.23. The van der Waals surface area contributed by atoms with E-state index in [-0.39, 0.29) is 11.8 Å². The Hall–Kier alpha value is -1.10. The van der Waals surface area contributed by atoms with Crippen molar-refractivity contribution in [1.82, 2.24) is 9.80 Å². The molecule has 2 rings (SSSR count). The van der Waals surface area contributed by atoms with Crippen molar-refractivity contribution in [2.24, 2.45) is 5.73 Å². The van der Waals surface area contributed by atoms with Crippen LogP contribution in [0.2, 0.25) is 0 Å². The summed E-state index contributed by atoms with van der Waals surface area (Å²) >= 11 is 0. The van der Waals surface area contributed by atoms with Gasteiger partial charge in [0.1, 0.15) is 5.54 Å². The van der Waals surface area contributed by atoms with Crippen LogP contribution in [0.3, 0.4) is 0 Å². The molecular formula is C13H23N3O2. The van der Waals surface area contributed by atoms with Crippen molar-refractivity contribution >= 4 is 11.8 Å². The van der Waals surface area contributed by atoms with E-state index in [4.69, 9.17) is 5.73 Å². The lowest BCUT2D eigenvalue weighted by molar-refractivity contribution is -0.140. The van der Waals surface area contributed by atoms with Gasteiger partial charge in [-0.1, -0.05) is 6.42 Å². The summed E-state index contributed by atoms with van der Waals surface area (Å²) in [5.41, 5.74) is 5.16. The predicted molar refractivity (Wildman–Crippen MR) is 68.8 cm³/mol. The summed E-state index contributed by atoms with van der Waals surface area (Å²) in [6.45, 7) is 4.80. The minimum absolute atomic E-state index is 0.0896. The van der Waals surface area contributed by atoms with Crippen LogP contribution in [0.4, 0.5) is 0 Å². The van der Waals surface area contributed by atoms with Crippen LogP contribution in [-0.4, -0.2) is 53.3 Å². The Labute approximate surface area is 108 Å². The molecule has 2 fully saturated rings. The van der Waals surface area contributed by atoms with Crippen molar-refractivity contribution in [3.8, 4) is 0 Å². The molecule has 0 unspecified atom stereocenters. The monoisotopic (exact) mass is 253 g/mol. The maximum absolute atomic E-state index is 11.9. The highest BCUT2D eigenvalue weighted by atomic mass is 16.2. The van der Waals surface area contributed by atoms with Crippen LogP contribution in [0.1, 0.15) is 39.0 Å². The van der Waals surface area contributed by atoms with Gasteiger partial charge in [-0.2, -0.15) is 0 Å². The second-order valence-electron chi connectivity index (χ2n) is 5.45. The lowest BCUT2D eigenvalue weighted by atomic mass is 9.83. The molecule has 0 saturated carbocycles. The van der Waals surface area contributed by atoms with Crippen LogP contribution < -0.4 is 5.73 Å². The maximum Gasteiger partial charge on any atom is 0.238 e. The highest BCUT2D eigenvalue weighted by Gasteiger charge is 2.45. The lowest BCUT2D eigenvalue weighted by Crippen LogP contribution is -2.63. The molecular weight excluding hydrogens is 230 g/mol. The molecule has 5 heteroatoms. The number of piperidine rings is 2. The van der Waals surface area contributed by atoms with Crippen molar-refractivity contribution in [2.45, 2.75) is 44.6 Å². The third-order valence-electron chi connectivity index (χ3n) is 4.46. The number of amides is 2. The zero-order valence-electron chi connectivity index (χ0n) is 11.2. The summed E-state index contributed by atoms with van der Waals surface area (Å²) in [5, 5.41) is 0. The molecule has 18 heavy (non-hydrogen) atoms. The molecule has 0 aromatic heterocycles. The number of nitrogens with zero attached hydrogens (tertiary/aromatic N) is 2. The van der Waals surface area contributed by atoms with Crippen LogP contribution in [0.15, 0.2) is 0 Å². The molecule has 0 spiro atoms. The van der Waals surface area contributed by atoms with E-state index in [1.54, 1.807) is 6.92 Å². The van der Waals surface area contributed by atoms with Gasteiger partial charge in [0.15, 0.2) is 0 Å². The standard InChI is InChI=1S/C13H23N3O2/c1-11(17)15-9-5-13(6-10-15,12(14)18)16-7-3-2-4-8-16/h2-10H2,1H3,(H2,14,18). The van der Waals surface area contributed by atoms with E-state index < -0.39 is 5.54 Å². The average Bonchev–Trinajstić information content (AvgIpc) is 2.39. The Morgan fingerprint density at radius 1 is 1.00 bits per heavy atom. The summed E-state index contributed by atoms with van der Waals surface area (Å²) in [7, 11) is 0. The number of likely N-dealkylation sites (tertiary alicyclic amines) is 2. The summed E-state index contributed by atoms with van der Waals surface area (Å²) in [6, 6.07) is 0. The Morgan fingerprint density at radius 3 is 2.00 bits per heavy atom. The summed E-state index contributed by atoms with van der Waals surface area (Å²) < 4.78 is 0. The maximum atomic E-state index is 11.9. The van der Waals surface area contributed by atoms with E-state index in [1.165, 1.54) is 6.42 Å². The highest BCUT2D eigenvalue weighted by molar-refractivity contribution is 5.85. The second kappa shape index (κ2) is 5.26. The van der Waals surface area contributed by atoms with E-state index >= 15 is 0 Å². The molecule has 2 heterocycles. The Kier molecular flexibility index (Phi) is 3.90. The van der Waals surface area contributed by atoms with Gasteiger partial charge < -0.3 is 10.6 Å². The molecule has 5 nitrogen and oxygen atoms in total. The van der Waals surface area contributed by atoms with Gasteiger partial charge in [0.05, 0.1) is 0 Å². The quantitative estimate of drug-likeness (QED) is 0.771. The molecule has 0 atom stereocenters. The smallest absolute Gasteiger partial charge is 0.238 e. The first-order valence-electron chi connectivity index (χ1n) is 6.87. The number of rotatable bonds is 2. The number of nitrogens with two attached hydrogens (primary N) is 1. The predicted octanol–water partition coefficient (Wildman–Crippen LogP) is 0.339. The van der Waals surface area contributed by atoms with Gasteiger partial charge in [0.2, 0.25) is 11.8 Å². The molecule has 2 amide bonds. The number of hydrogen-bond acceptors (Lipinski definition) is 3. The minimum atomic E-state index is -0.508. The van der Waals surface area contributed by atoms with E-state index in [1.807, 2.05) is 4.90 Å². The van der Waals surface area contributed by atoms with Crippen molar-refractivity contribution in [1.29, 1.82) is 0 Å². The molecule has 0 radical (unpaired) electrons. The van der Waals surface area contributed by atoms with Crippen LogP contribution in [0, 0.1) is 0 Å². The van der Waals surface area contributed by atoms with Gasteiger partial charge in [0.25, 0.3) is 0 Å². The third-order valence-corrected chi connectivity index (χ3v) is 4.46. The Balaban J connectivity index is 2.09. The fourth-order valence-corrected chi connectivity index (χ4v) is 3.23. The molecule has 2 aliphatic heterocycles. The molecule has 0 aliphatic carbocycles. The molecule has 0 aromatic rings. The molecule has 2 aliphatic rings. The molecule has 0 aromatic carbocycles. The SMILES string of the molecule is CC(=O)N1CCC(C(N)=O)(N2CCCCC2)CC1. The average molecular weight is 253 g/mol. The van der Waals surface area contributed by atoms with Crippen LogP contribution in [-0.2, 0) is 9.59 Å². The van der Waals surface area contributed by atoms with E-state index in [9.17, 15) is 9.59 Å². The van der Waals surface area contributed by atoms with Crippen LogP contribution >= 0.6 is 0 Å². The van der Waals surface area contributed by atoms with Crippen LogP contribution in [0.25, 0.3) is 0 Å². The van der Waals surface area contributed by atoms with E-state index in [0.717, 1.165) is 25.9 Å². The topological polar surface area (TPSA) is 66.6 Å². The summed E-state index contributed by atoms with van der Waals surface area (Å²) in [6.07, 6.45) is 4.89. The van der Waals surface area contributed by atoms with Crippen molar-refractivity contribution in [3.05, 3.63) is 0 Å². The second-order valence-corrected chi connectivity index (χ2v) is 5.45. The van der Waals surface area contributed by atoms with Gasteiger partial charge in [-0.25, -0.2) is 0 Å². The third kappa shape index (κ3) is 2.36. The largest absolute Gasteiger partial charge is 0.368 e. The first-order valence-corrected chi connectivity index (χ1v) is 6.87. The first-order chi connectivity index (χ1) is 8.56. The fraction of sp³-hybridized carbons (Fsp3) is 0.846. The van der Waals surface area contributed by atoms with Crippen molar-refractivity contribution in [2.75, 3.05) is 26.2 Å².